The first kappa shape index (κ1) is 10.4. The Labute approximate surface area is 84.4 Å². The summed E-state index contributed by atoms with van der Waals surface area (Å²) < 4.78 is 11.5. The van der Waals surface area contributed by atoms with Crippen LogP contribution < -0.4 is 0 Å². The summed E-state index contributed by atoms with van der Waals surface area (Å²) in [6, 6.07) is 6.84. The van der Waals surface area contributed by atoms with Crippen LogP contribution in [0.3, 0.4) is 0 Å². The number of hydrogen-bond donors (Lipinski definition) is 0. The Hall–Kier alpha value is -0.670. The molecule has 1 atom stereocenters. The molecule has 1 aromatic rings. The number of hydrogen-bond acceptors (Lipinski definition) is 2. The minimum absolute atomic E-state index is 0.0315. The molecule has 2 nitrogen and oxygen atoms in total. The Bertz CT molecular complexity index is 349. The maximum absolute atomic E-state index is 11.5. The second-order valence-corrected chi connectivity index (χ2v) is 4.45. The van der Waals surface area contributed by atoms with Gasteiger partial charge in [0.2, 0.25) is 0 Å². The van der Waals surface area contributed by atoms with Crippen LogP contribution in [0.5, 0.6) is 0 Å². The third-order valence-corrected chi connectivity index (χ3v) is 3.37. The monoisotopic (exact) mass is 216 g/mol. The van der Waals surface area contributed by atoms with Crippen LogP contribution in [0.25, 0.3) is 0 Å². The van der Waals surface area contributed by atoms with Crippen molar-refractivity contribution in [1.29, 1.82) is 0 Å². The molecule has 0 aliphatic rings. The van der Waals surface area contributed by atoms with Gasteiger partial charge in [-0.1, -0.05) is 23.7 Å². The number of halogens is 1. The molecular formula is C9H9ClO2S. The number of benzene rings is 1. The molecule has 70 valence electrons. The van der Waals surface area contributed by atoms with Crippen molar-refractivity contribution in [2.75, 3.05) is 5.75 Å². The number of rotatable bonds is 3. The highest BCUT2D eigenvalue weighted by Crippen LogP contribution is 2.18. The van der Waals surface area contributed by atoms with Crippen molar-refractivity contribution in [1.82, 2.24) is 0 Å². The zero-order valence-corrected chi connectivity index (χ0v) is 8.69. The number of Topliss-reactive ketones (excluding diaryl/α,β-unsaturated/α-hetero) is 1. The molecule has 1 unspecified atom stereocenters. The summed E-state index contributed by atoms with van der Waals surface area (Å²) in [5.41, 5.74) is 0. The molecule has 0 saturated heterocycles. The van der Waals surface area contributed by atoms with Gasteiger partial charge in [-0.2, -0.15) is 0 Å². The van der Waals surface area contributed by atoms with Crippen LogP contribution in [-0.4, -0.2) is 15.7 Å². The van der Waals surface area contributed by atoms with Gasteiger partial charge in [-0.05, 0) is 19.1 Å². The van der Waals surface area contributed by atoms with Gasteiger partial charge in [0, 0.05) is 0 Å². The first-order valence-electron chi connectivity index (χ1n) is 3.73. The Kier molecular flexibility index (Phi) is 3.63. The molecule has 0 heterocycles. The molecule has 0 radical (unpaired) electrons. The van der Waals surface area contributed by atoms with E-state index in [-0.39, 0.29) is 11.5 Å². The van der Waals surface area contributed by atoms with Gasteiger partial charge in [-0.25, -0.2) is 0 Å². The summed E-state index contributed by atoms with van der Waals surface area (Å²) in [4.78, 5) is 11.2. The van der Waals surface area contributed by atoms with Gasteiger partial charge in [0.05, 0.1) is 26.5 Å². The molecule has 13 heavy (non-hydrogen) atoms. The molecule has 0 aliphatic carbocycles. The first-order chi connectivity index (χ1) is 6.11. The third kappa shape index (κ3) is 2.94. The molecule has 1 rings (SSSR count). The molecule has 0 aliphatic heterocycles. The van der Waals surface area contributed by atoms with Gasteiger partial charge in [0.1, 0.15) is 5.78 Å². The van der Waals surface area contributed by atoms with Crippen molar-refractivity contribution in [3.05, 3.63) is 29.3 Å². The van der Waals surface area contributed by atoms with Gasteiger partial charge in [-0.3, -0.25) is 9.00 Å². The fourth-order valence-electron chi connectivity index (χ4n) is 0.892. The van der Waals surface area contributed by atoms with E-state index < -0.39 is 10.8 Å². The third-order valence-electron chi connectivity index (χ3n) is 1.42. The van der Waals surface area contributed by atoms with E-state index in [1.807, 2.05) is 0 Å². The van der Waals surface area contributed by atoms with Crippen LogP contribution in [0.15, 0.2) is 29.2 Å². The quantitative estimate of drug-likeness (QED) is 0.775. The summed E-state index contributed by atoms with van der Waals surface area (Å²) >= 11 is 5.80. The van der Waals surface area contributed by atoms with E-state index in [2.05, 4.69) is 0 Å². The molecule has 0 N–H and O–H groups in total. The van der Waals surface area contributed by atoms with Crippen molar-refractivity contribution >= 4 is 28.2 Å². The summed E-state index contributed by atoms with van der Waals surface area (Å²) in [5, 5.41) is 0.446. The van der Waals surface area contributed by atoms with Crippen LogP contribution in [0.4, 0.5) is 0 Å². The van der Waals surface area contributed by atoms with Crippen molar-refractivity contribution < 1.29 is 9.00 Å². The molecule has 0 amide bonds. The maximum Gasteiger partial charge on any atom is 0.142 e. The number of ketones is 1. The van der Waals surface area contributed by atoms with E-state index in [4.69, 9.17) is 11.6 Å². The van der Waals surface area contributed by atoms with Crippen LogP contribution >= 0.6 is 11.6 Å². The highest BCUT2D eigenvalue weighted by molar-refractivity contribution is 7.85. The Balaban J connectivity index is 2.89. The molecule has 0 spiro atoms. The molecule has 0 saturated carbocycles. The molecule has 1 aromatic carbocycles. The van der Waals surface area contributed by atoms with E-state index in [0.29, 0.717) is 9.92 Å². The standard InChI is InChI=1S/C9H9ClO2S/c1-7(11)6-13(12)9-5-3-2-4-8(9)10/h2-5H,6H2,1H3. The van der Waals surface area contributed by atoms with E-state index in [1.54, 1.807) is 24.3 Å². The predicted octanol–water partition coefficient (Wildman–Crippen LogP) is 2.04. The highest BCUT2D eigenvalue weighted by atomic mass is 35.5. The van der Waals surface area contributed by atoms with Gasteiger partial charge < -0.3 is 0 Å². The lowest BCUT2D eigenvalue weighted by Crippen LogP contribution is -2.06. The van der Waals surface area contributed by atoms with E-state index >= 15 is 0 Å². The van der Waals surface area contributed by atoms with Crippen molar-refractivity contribution in [3.8, 4) is 0 Å². The van der Waals surface area contributed by atoms with Crippen molar-refractivity contribution in [2.24, 2.45) is 0 Å². The van der Waals surface area contributed by atoms with Gasteiger partial charge in [0.25, 0.3) is 0 Å². The maximum atomic E-state index is 11.5. The van der Waals surface area contributed by atoms with Crippen LogP contribution in [0.1, 0.15) is 6.92 Å². The summed E-state index contributed by atoms with van der Waals surface area (Å²) in [6.07, 6.45) is 0. The summed E-state index contributed by atoms with van der Waals surface area (Å²) in [6.45, 7) is 1.41. The normalized spacial score (nSPS) is 12.5. The van der Waals surface area contributed by atoms with E-state index in [0.717, 1.165) is 0 Å². The fraction of sp³-hybridized carbons (Fsp3) is 0.222. The van der Waals surface area contributed by atoms with Gasteiger partial charge in [-0.15, -0.1) is 0 Å². The Morgan fingerprint density at radius 2 is 2.08 bits per heavy atom. The van der Waals surface area contributed by atoms with Gasteiger partial charge >= 0.3 is 0 Å². The second kappa shape index (κ2) is 4.53. The van der Waals surface area contributed by atoms with Crippen LogP contribution in [0.2, 0.25) is 5.02 Å². The molecule has 4 heteroatoms. The number of carbonyl (C=O) groups excluding carboxylic acids is 1. The van der Waals surface area contributed by atoms with Crippen molar-refractivity contribution in [2.45, 2.75) is 11.8 Å². The summed E-state index contributed by atoms with van der Waals surface area (Å²) in [5.74, 6) is -0.0674. The minimum atomic E-state index is -1.31. The predicted molar refractivity (Wildman–Crippen MR) is 53.4 cm³/mol. The largest absolute Gasteiger partial charge is 0.299 e. The van der Waals surface area contributed by atoms with Crippen LogP contribution in [0, 0.1) is 0 Å². The average Bonchev–Trinajstić information content (AvgIpc) is 2.03. The molecule has 0 fully saturated rings. The average molecular weight is 217 g/mol. The lowest BCUT2D eigenvalue weighted by atomic mass is 10.4. The molecular weight excluding hydrogens is 208 g/mol. The summed E-state index contributed by atoms with van der Waals surface area (Å²) in [7, 11) is -1.31. The van der Waals surface area contributed by atoms with Crippen molar-refractivity contribution in [3.63, 3.8) is 0 Å². The minimum Gasteiger partial charge on any atom is -0.299 e. The Morgan fingerprint density at radius 1 is 1.46 bits per heavy atom. The molecule has 0 aromatic heterocycles. The van der Waals surface area contributed by atoms with E-state index in [9.17, 15) is 9.00 Å². The number of carbonyl (C=O) groups is 1. The molecule has 0 bridgehead atoms. The lowest BCUT2D eigenvalue weighted by molar-refractivity contribution is -0.114. The fourth-order valence-corrected chi connectivity index (χ4v) is 2.33. The lowest BCUT2D eigenvalue weighted by Gasteiger charge is -2.01. The topological polar surface area (TPSA) is 34.1 Å². The van der Waals surface area contributed by atoms with E-state index in [1.165, 1.54) is 6.92 Å². The van der Waals surface area contributed by atoms with Gasteiger partial charge in [0.15, 0.2) is 0 Å². The second-order valence-electron chi connectivity index (χ2n) is 2.62. The smallest absolute Gasteiger partial charge is 0.142 e. The SMILES string of the molecule is CC(=O)CS(=O)c1ccccc1Cl. The highest BCUT2D eigenvalue weighted by Gasteiger charge is 2.09. The first-order valence-corrected chi connectivity index (χ1v) is 5.43. The Morgan fingerprint density at radius 3 is 2.62 bits per heavy atom. The van der Waals surface area contributed by atoms with Crippen LogP contribution in [-0.2, 0) is 15.6 Å². The zero-order chi connectivity index (χ0) is 9.84. The zero-order valence-electron chi connectivity index (χ0n) is 7.12.